The van der Waals surface area contributed by atoms with Crippen LogP contribution in [0.25, 0.3) is 11.3 Å². The van der Waals surface area contributed by atoms with Crippen molar-refractivity contribution in [2.24, 2.45) is 0 Å². The number of nitrogen functional groups attached to an aromatic ring is 1. The second-order valence-electron chi connectivity index (χ2n) is 4.62. The predicted octanol–water partition coefficient (Wildman–Crippen LogP) is 3.68. The molecule has 3 rings (SSSR count). The zero-order valence-electron chi connectivity index (χ0n) is 9.95. The van der Waals surface area contributed by atoms with Crippen molar-refractivity contribution in [1.29, 1.82) is 0 Å². The molecular weight excluding hydrogens is 297 g/mol. The molecule has 1 aromatic heterocycles. The van der Waals surface area contributed by atoms with E-state index in [1.54, 1.807) is 6.07 Å². The van der Waals surface area contributed by atoms with E-state index < -0.39 is 0 Å². The third-order valence-corrected chi connectivity index (χ3v) is 3.91. The second kappa shape index (κ2) is 4.09. The molecule has 1 saturated carbocycles. The van der Waals surface area contributed by atoms with E-state index in [0.29, 0.717) is 23.1 Å². The number of rotatable bonds is 2. The molecule has 5 heteroatoms. The van der Waals surface area contributed by atoms with Gasteiger partial charge in [-0.1, -0.05) is 15.9 Å². The molecule has 1 aliphatic rings. The Morgan fingerprint density at radius 1 is 1.44 bits per heavy atom. The lowest BCUT2D eigenvalue weighted by Crippen LogP contribution is -2.02. The van der Waals surface area contributed by atoms with Crippen LogP contribution >= 0.6 is 15.9 Å². The molecule has 0 spiro atoms. The van der Waals surface area contributed by atoms with Crippen molar-refractivity contribution >= 4 is 21.7 Å². The van der Waals surface area contributed by atoms with Crippen molar-refractivity contribution < 1.29 is 4.39 Å². The van der Waals surface area contributed by atoms with Crippen LogP contribution in [0.4, 0.5) is 10.2 Å². The molecule has 2 aromatic rings. The Balaban J connectivity index is 2.17. The van der Waals surface area contributed by atoms with Crippen LogP contribution in [0.5, 0.6) is 0 Å². The third kappa shape index (κ3) is 1.82. The molecule has 2 N–H and O–H groups in total. The maximum Gasteiger partial charge on any atom is 0.132 e. The van der Waals surface area contributed by atoms with Crippen LogP contribution in [0.1, 0.15) is 24.7 Å². The fraction of sp³-hybridized carbons (Fsp3) is 0.308. The highest BCUT2D eigenvalue weighted by Crippen LogP contribution is 2.41. The topological polar surface area (TPSA) is 43.8 Å². The highest BCUT2D eigenvalue weighted by molar-refractivity contribution is 9.10. The Morgan fingerprint density at radius 3 is 2.83 bits per heavy atom. The smallest absolute Gasteiger partial charge is 0.132 e. The van der Waals surface area contributed by atoms with E-state index in [9.17, 15) is 4.39 Å². The number of imidazole rings is 1. The standard InChI is InChI=1S/C13H13BrFN3/c1-7-17-12(13(16)18(7)9-3-4-9)10-6-8(15)2-5-11(10)14/h2,5-6,9H,3-4,16H2,1H3. The monoisotopic (exact) mass is 309 g/mol. The Kier molecular flexibility index (Phi) is 2.66. The lowest BCUT2D eigenvalue weighted by atomic mass is 10.1. The van der Waals surface area contributed by atoms with Gasteiger partial charge in [0.25, 0.3) is 0 Å². The van der Waals surface area contributed by atoms with Crippen molar-refractivity contribution in [3.05, 3.63) is 34.3 Å². The van der Waals surface area contributed by atoms with Crippen molar-refractivity contribution in [2.45, 2.75) is 25.8 Å². The number of hydrogen-bond acceptors (Lipinski definition) is 2. The van der Waals surface area contributed by atoms with Crippen LogP contribution in [0.3, 0.4) is 0 Å². The summed E-state index contributed by atoms with van der Waals surface area (Å²) in [6.45, 7) is 1.94. The number of halogens is 2. The van der Waals surface area contributed by atoms with E-state index in [1.807, 2.05) is 11.5 Å². The Hall–Kier alpha value is -1.36. The number of nitrogens with zero attached hydrogens (tertiary/aromatic N) is 2. The van der Waals surface area contributed by atoms with Gasteiger partial charge in [0.15, 0.2) is 0 Å². The van der Waals surface area contributed by atoms with E-state index in [2.05, 4.69) is 20.9 Å². The lowest BCUT2D eigenvalue weighted by molar-refractivity contribution is 0.628. The molecule has 1 fully saturated rings. The molecule has 0 unspecified atom stereocenters. The number of hydrogen-bond donors (Lipinski definition) is 1. The van der Waals surface area contributed by atoms with Gasteiger partial charge in [-0.2, -0.15) is 0 Å². The molecule has 3 nitrogen and oxygen atoms in total. The molecule has 1 aliphatic carbocycles. The maximum absolute atomic E-state index is 13.3. The summed E-state index contributed by atoms with van der Waals surface area (Å²) in [5.74, 6) is 1.23. The summed E-state index contributed by atoms with van der Waals surface area (Å²) in [6, 6.07) is 5.02. The molecule has 0 amide bonds. The summed E-state index contributed by atoms with van der Waals surface area (Å²) < 4.78 is 16.2. The van der Waals surface area contributed by atoms with Crippen LogP contribution in [-0.4, -0.2) is 9.55 Å². The van der Waals surface area contributed by atoms with Crippen molar-refractivity contribution in [1.82, 2.24) is 9.55 Å². The van der Waals surface area contributed by atoms with Gasteiger partial charge in [0.2, 0.25) is 0 Å². The number of aromatic nitrogens is 2. The molecule has 1 heterocycles. The Bertz CT molecular complexity index is 617. The fourth-order valence-corrected chi connectivity index (χ4v) is 2.67. The van der Waals surface area contributed by atoms with E-state index in [4.69, 9.17) is 5.73 Å². The molecule has 94 valence electrons. The molecule has 0 aliphatic heterocycles. The largest absolute Gasteiger partial charge is 0.383 e. The van der Waals surface area contributed by atoms with Gasteiger partial charge < -0.3 is 10.3 Å². The van der Waals surface area contributed by atoms with Gasteiger partial charge in [0.1, 0.15) is 23.2 Å². The van der Waals surface area contributed by atoms with Gasteiger partial charge in [-0.05, 0) is 38.0 Å². The summed E-state index contributed by atoms with van der Waals surface area (Å²) in [5, 5.41) is 0. The second-order valence-corrected chi connectivity index (χ2v) is 5.47. The highest BCUT2D eigenvalue weighted by Gasteiger charge is 2.29. The summed E-state index contributed by atoms with van der Waals surface area (Å²) >= 11 is 3.42. The number of benzene rings is 1. The first-order valence-electron chi connectivity index (χ1n) is 5.87. The minimum Gasteiger partial charge on any atom is -0.383 e. The number of nitrogens with two attached hydrogens (primary N) is 1. The predicted molar refractivity (Wildman–Crippen MR) is 72.7 cm³/mol. The molecule has 0 radical (unpaired) electrons. The molecule has 0 bridgehead atoms. The van der Waals surface area contributed by atoms with E-state index in [-0.39, 0.29) is 5.82 Å². The highest BCUT2D eigenvalue weighted by atomic mass is 79.9. The Morgan fingerprint density at radius 2 is 2.17 bits per heavy atom. The van der Waals surface area contributed by atoms with Gasteiger partial charge in [0, 0.05) is 16.1 Å². The molecule has 0 atom stereocenters. The normalized spacial score (nSPS) is 15.1. The van der Waals surface area contributed by atoms with Crippen molar-refractivity contribution in [3.8, 4) is 11.3 Å². The average Bonchev–Trinajstić information content (AvgIpc) is 3.10. The van der Waals surface area contributed by atoms with E-state index in [1.165, 1.54) is 12.1 Å². The Labute approximate surface area is 113 Å². The van der Waals surface area contributed by atoms with E-state index >= 15 is 0 Å². The molecule has 0 saturated heterocycles. The van der Waals surface area contributed by atoms with Gasteiger partial charge in [-0.3, -0.25) is 0 Å². The van der Waals surface area contributed by atoms with Crippen molar-refractivity contribution in [2.75, 3.05) is 5.73 Å². The van der Waals surface area contributed by atoms with E-state index in [0.717, 1.165) is 23.1 Å². The van der Waals surface area contributed by atoms with Crippen molar-refractivity contribution in [3.63, 3.8) is 0 Å². The van der Waals surface area contributed by atoms with Gasteiger partial charge in [0.05, 0.1) is 0 Å². The van der Waals surface area contributed by atoms with Gasteiger partial charge in [-0.25, -0.2) is 9.37 Å². The first kappa shape index (κ1) is 11.7. The third-order valence-electron chi connectivity index (χ3n) is 3.22. The summed E-state index contributed by atoms with van der Waals surface area (Å²) in [7, 11) is 0. The first-order chi connectivity index (χ1) is 8.58. The summed E-state index contributed by atoms with van der Waals surface area (Å²) in [4.78, 5) is 4.48. The first-order valence-corrected chi connectivity index (χ1v) is 6.67. The summed E-state index contributed by atoms with van der Waals surface area (Å²) in [6.07, 6.45) is 2.29. The SMILES string of the molecule is Cc1nc(-c2cc(F)ccc2Br)c(N)n1C1CC1. The summed E-state index contributed by atoms with van der Waals surface area (Å²) in [5.41, 5.74) is 7.52. The maximum atomic E-state index is 13.3. The van der Waals surface area contributed by atoms with Crippen LogP contribution in [-0.2, 0) is 0 Å². The lowest BCUT2D eigenvalue weighted by Gasteiger charge is -2.06. The number of anilines is 1. The van der Waals surface area contributed by atoms with Crippen LogP contribution in [0.15, 0.2) is 22.7 Å². The average molecular weight is 310 g/mol. The number of aryl methyl sites for hydroxylation is 1. The van der Waals surface area contributed by atoms with Gasteiger partial charge in [-0.15, -0.1) is 0 Å². The molecule has 1 aromatic carbocycles. The fourth-order valence-electron chi connectivity index (χ4n) is 2.23. The quantitative estimate of drug-likeness (QED) is 0.919. The zero-order valence-corrected chi connectivity index (χ0v) is 11.5. The molecule has 18 heavy (non-hydrogen) atoms. The minimum absolute atomic E-state index is 0.286. The zero-order chi connectivity index (χ0) is 12.9. The molecular formula is C13H13BrFN3. The van der Waals surface area contributed by atoms with Crippen LogP contribution in [0.2, 0.25) is 0 Å². The minimum atomic E-state index is -0.286. The van der Waals surface area contributed by atoms with Crippen LogP contribution < -0.4 is 5.73 Å². The van der Waals surface area contributed by atoms with Gasteiger partial charge >= 0.3 is 0 Å². The van der Waals surface area contributed by atoms with Crippen LogP contribution in [0, 0.1) is 12.7 Å².